The van der Waals surface area contributed by atoms with Crippen molar-refractivity contribution in [3.63, 3.8) is 0 Å². The minimum Gasteiger partial charge on any atom is -0.477 e. The predicted molar refractivity (Wildman–Crippen MR) is 69.0 cm³/mol. The third-order valence-corrected chi connectivity index (χ3v) is 4.33. The number of aryl methyl sites for hydroxylation is 1. The Hall–Kier alpha value is -1.10. The molecule has 1 aromatic heterocycles. The van der Waals surface area contributed by atoms with Gasteiger partial charge in [0.25, 0.3) is 0 Å². The van der Waals surface area contributed by atoms with Gasteiger partial charge in [0.05, 0.1) is 5.69 Å². The van der Waals surface area contributed by atoms with Crippen molar-refractivity contribution in [1.29, 1.82) is 0 Å². The molecule has 0 saturated carbocycles. The van der Waals surface area contributed by atoms with Gasteiger partial charge >= 0.3 is 5.97 Å². The van der Waals surface area contributed by atoms with Crippen molar-refractivity contribution >= 4 is 22.4 Å². The zero-order valence-corrected chi connectivity index (χ0v) is 11.3. The molecule has 94 valence electrons. The number of carbonyl (C=O) groups is 1. The second-order valence-electron chi connectivity index (χ2n) is 5.07. The third kappa shape index (κ3) is 2.60. The molecule has 1 fully saturated rings. The minimum atomic E-state index is -0.871. The quantitative estimate of drug-likeness (QED) is 0.881. The molecule has 1 aliphatic rings. The number of anilines is 1. The molecule has 2 atom stereocenters. The molecule has 0 aromatic carbocycles. The lowest BCUT2D eigenvalue weighted by atomic mass is 9.92. The second-order valence-corrected chi connectivity index (χ2v) is 6.04. The second kappa shape index (κ2) is 4.64. The molecule has 17 heavy (non-hydrogen) atoms. The van der Waals surface area contributed by atoms with Crippen LogP contribution < -0.4 is 4.90 Å². The maximum absolute atomic E-state index is 11.0. The Bertz CT molecular complexity index is 420. The van der Waals surface area contributed by atoms with Crippen LogP contribution in [-0.4, -0.2) is 29.1 Å². The Labute approximate surface area is 105 Å². The van der Waals surface area contributed by atoms with Crippen molar-refractivity contribution in [2.45, 2.75) is 27.2 Å². The van der Waals surface area contributed by atoms with E-state index in [1.54, 1.807) is 6.92 Å². The van der Waals surface area contributed by atoms with Gasteiger partial charge in [0, 0.05) is 13.1 Å². The number of aromatic carboxylic acids is 1. The first kappa shape index (κ1) is 12.4. The highest BCUT2D eigenvalue weighted by Gasteiger charge is 2.25. The summed E-state index contributed by atoms with van der Waals surface area (Å²) in [5, 5.41) is 9.89. The summed E-state index contributed by atoms with van der Waals surface area (Å²) in [5.74, 6) is 0.428. The fourth-order valence-electron chi connectivity index (χ4n) is 2.53. The highest BCUT2D eigenvalue weighted by Crippen LogP contribution is 2.31. The lowest BCUT2D eigenvalue weighted by molar-refractivity contribution is 0.0701. The van der Waals surface area contributed by atoms with Gasteiger partial charge in [0.2, 0.25) is 0 Å². The summed E-state index contributed by atoms with van der Waals surface area (Å²) in [6.07, 6.45) is 1.24. The first-order valence-corrected chi connectivity index (χ1v) is 6.74. The summed E-state index contributed by atoms with van der Waals surface area (Å²) >= 11 is 1.29. The Kier molecular flexibility index (Phi) is 3.38. The number of thiazole rings is 1. The highest BCUT2D eigenvalue weighted by molar-refractivity contribution is 7.17. The summed E-state index contributed by atoms with van der Waals surface area (Å²) in [5.41, 5.74) is 0.628. The van der Waals surface area contributed by atoms with E-state index in [0.29, 0.717) is 22.4 Å². The van der Waals surface area contributed by atoms with Gasteiger partial charge in [-0.1, -0.05) is 25.2 Å². The van der Waals surface area contributed by atoms with Gasteiger partial charge in [0.1, 0.15) is 4.88 Å². The zero-order valence-electron chi connectivity index (χ0n) is 10.4. The number of piperidine rings is 1. The van der Waals surface area contributed by atoms with Crippen molar-refractivity contribution in [2.75, 3.05) is 18.0 Å². The molecule has 0 amide bonds. The van der Waals surface area contributed by atoms with Crippen molar-refractivity contribution in [1.82, 2.24) is 4.98 Å². The van der Waals surface area contributed by atoms with Crippen molar-refractivity contribution in [2.24, 2.45) is 11.8 Å². The molecular weight excluding hydrogens is 236 g/mol. The van der Waals surface area contributed by atoms with Gasteiger partial charge in [-0.3, -0.25) is 0 Å². The average molecular weight is 254 g/mol. The summed E-state index contributed by atoms with van der Waals surface area (Å²) in [6, 6.07) is 0. The van der Waals surface area contributed by atoms with E-state index in [0.717, 1.165) is 18.2 Å². The van der Waals surface area contributed by atoms with Gasteiger partial charge in [-0.25, -0.2) is 9.78 Å². The van der Waals surface area contributed by atoms with E-state index in [4.69, 9.17) is 5.11 Å². The van der Waals surface area contributed by atoms with Crippen LogP contribution >= 0.6 is 11.3 Å². The minimum absolute atomic E-state index is 0.367. The molecular formula is C12H18N2O2S. The van der Waals surface area contributed by atoms with Crippen LogP contribution in [0.3, 0.4) is 0 Å². The largest absolute Gasteiger partial charge is 0.477 e. The van der Waals surface area contributed by atoms with Gasteiger partial charge in [0.15, 0.2) is 5.13 Å². The molecule has 0 bridgehead atoms. The first-order valence-electron chi connectivity index (χ1n) is 5.93. The van der Waals surface area contributed by atoms with Crippen molar-refractivity contribution in [3.8, 4) is 0 Å². The van der Waals surface area contributed by atoms with E-state index < -0.39 is 5.97 Å². The smallest absolute Gasteiger partial charge is 0.347 e. The molecule has 2 unspecified atom stereocenters. The average Bonchev–Trinajstić information content (AvgIpc) is 2.59. The van der Waals surface area contributed by atoms with E-state index in [2.05, 4.69) is 23.7 Å². The number of rotatable bonds is 2. The van der Waals surface area contributed by atoms with Crippen LogP contribution in [0.15, 0.2) is 0 Å². The van der Waals surface area contributed by atoms with E-state index in [-0.39, 0.29) is 0 Å². The van der Waals surface area contributed by atoms with E-state index in [1.165, 1.54) is 17.8 Å². The third-order valence-electron chi connectivity index (χ3n) is 3.12. The van der Waals surface area contributed by atoms with E-state index in [1.807, 2.05) is 0 Å². The molecule has 1 aromatic rings. The fraction of sp³-hybridized carbons (Fsp3) is 0.667. The van der Waals surface area contributed by atoms with Crippen LogP contribution in [-0.2, 0) is 0 Å². The van der Waals surface area contributed by atoms with E-state index >= 15 is 0 Å². The molecule has 1 N–H and O–H groups in total. The van der Waals surface area contributed by atoms with Crippen LogP contribution in [0.25, 0.3) is 0 Å². The number of carboxylic acid groups (broad SMARTS) is 1. The molecule has 1 aliphatic heterocycles. The number of nitrogens with zero attached hydrogens (tertiary/aromatic N) is 2. The predicted octanol–water partition coefficient (Wildman–Crippen LogP) is 2.63. The van der Waals surface area contributed by atoms with Crippen LogP contribution in [0.1, 0.15) is 35.6 Å². The summed E-state index contributed by atoms with van der Waals surface area (Å²) in [6.45, 7) is 8.20. The SMILES string of the molecule is Cc1nc(N2CC(C)CC(C)C2)sc1C(=O)O. The Morgan fingerprint density at radius 1 is 1.41 bits per heavy atom. The van der Waals surface area contributed by atoms with Gasteiger partial charge < -0.3 is 10.0 Å². The molecule has 2 rings (SSSR count). The normalized spacial score (nSPS) is 25.0. The van der Waals surface area contributed by atoms with Gasteiger partial charge in [-0.05, 0) is 25.2 Å². The monoisotopic (exact) mass is 254 g/mol. The number of carboxylic acids is 1. The van der Waals surface area contributed by atoms with Crippen molar-refractivity contribution < 1.29 is 9.90 Å². The summed E-state index contributed by atoms with van der Waals surface area (Å²) < 4.78 is 0. The highest BCUT2D eigenvalue weighted by atomic mass is 32.1. The maximum atomic E-state index is 11.0. The molecule has 1 saturated heterocycles. The maximum Gasteiger partial charge on any atom is 0.347 e. The molecule has 0 aliphatic carbocycles. The fourth-order valence-corrected chi connectivity index (χ4v) is 3.46. The Balaban J connectivity index is 2.22. The topological polar surface area (TPSA) is 53.4 Å². The lowest BCUT2D eigenvalue weighted by Gasteiger charge is -2.34. The summed E-state index contributed by atoms with van der Waals surface area (Å²) in [7, 11) is 0. The van der Waals surface area contributed by atoms with Crippen LogP contribution in [0.4, 0.5) is 5.13 Å². The Morgan fingerprint density at radius 3 is 2.47 bits per heavy atom. The lowest BCUT2D eigenvalue weighted by Crippen LogP contribution is -2.38. The van der Waals surface area contributed by atoms with Crippen molar-refractivity contribution in [3.05, 3.63) is 10.6 Å². The van der Waals surface area contributed by atoms with Gasteiger partial charge in [-0.15, -0.1) is 0 Å². The zero-order chi connectivity index (χ0) is 12.6. The molecule has 0 radical (unpaired) electrons. The number of aromatic nitrogens is 1. The molecule has 4 nitrogen and oxygen atoms in total. The van der Waals surface area contributed by atoms with Crippen LogP contribution in [0.2, 0.25) is 0 Å². The summed E-state index contributed by atoms with van der Waals surface area (Å²) in [4.78, 5) is 18.0. The molecule has 0 spiro atoms. The van der Waals surface area contributed by atoms with E-state index in [9.17, 15) is 4.79 Å². The van der Waals surface area contributed by atoms with Crippen LogP contribution in [0, 0.1) is 18.8 Å². The standard InChI is InChI=1S/C12H18N2O2S/c1-7-4-8(2)6-14(5-7)12-13-9(3)10(17-12)11(15)16/h7-8H,4-6H2,1-3H3,(H,15,16). The molecule has 5 heteroatoms. The first-order chi connectivity index (χ1) is 7.97. The number of hydrogen-bond acceptors (Lipinski definition) is 4. The van der Waals surface area contributed by atoms with Gasteiger partial charge in [-0.2, -0.15) is 0 Å². The number of hydrogen-bond donors (Lipinski definition) is 1. The Morgan fingerprint density at radius 2 is 2.00 bits per heavy atom. The van der Waals surface area contributed by atoms with Crippen LogP contribution in [0.5, 0.6) is 0 Å². The molecule has 2 heterocycles.